The zero-order chi connectivity index (χ0) is 15.1. The molecule has 0 atom stereocenters. The Kier molecular flexibility index (Phi) is 5.47. The minimum atomic E-state index is -0.560. The Balaban J connectivity index is 3.16. The molecule has 0 N–H and O–H groups in total. The fourth-order valence-corrected chi connectivity index (χ4v) is 1.78. The number of carbonyl (C=O) groups excluding carboxylic acids is 1. The van der Waals surface area contributed by atoms with E-state index in [0.29, 0.717) is 12.2 Å². The minimum absolute atomic E-state index is 0.00314. The number of ether oxygens (including phenoxy) is 1. The van der Waals surface area contributed by atoms with E-state index >= 15 is 0 Å². The van der Waals surface area contributed by atoms with Gasteiger partial charge in [0.1, 0.15) is 12.6 Å². The summed E-state index contributed by atoms with van der Waals surface area (Å²) in [5.41, 5.74) is 0.502. The lowest BCUT2D eigenvalue weighted by molar-refractivity contribution is -0.384. The number of benzene rings is 1. The molecule has 1 aromatic carbocycles. The van der Waals surface area contributed by atoms with Gasteiger partial charge < -0.3 is 9.64 Å². The Morgan fingerprint density at radius 1 is 1.55 bits per heavy atom. The van der Waals surface area contributed by atoms with Crippen LogP contribution in [-0.4, -0.2) is 31.1 Å². The molecule has 0 fully saturated rings. The summed E-state index contributed by atoms with van der Waals surface area (Å²) in [6.45, 7) is 2.47. The summed E-state index contributed by atoms with van der Waals surface area (Å²) >= 11 is 0. The second-order valence-corrected chi connectivity index (χ2v) is 4.07. The molecular weight excluding hydrogens is 262 g/mol. The second-order valence-electron chi connectivity index (χ2n) is 4.07. The van der Waals surface area contributed by atoms with Crippen molar-refractivity contribution in [1.29, 1.82) is 5.26 Å². The summed E-state index contributed by atoms with van der Waals surface area (Å²) in [5, 5.41) is 19.8. The van der Waals surface area contributed by atoms with E-state index in [-0.39, 0.29) is 17.8 Å². The summed E-state index contributed by atoms with van der Waals surface area (Å²) in [5.74, 6) is -0.430. The molecule has 0 aliphatic carbocycles. The van der Waals surface area contributed by atoms with Gasteiger partial charge in [-0.3, -0.25) is 14.9 Å². The SMILES string of the molecule is CCCN(CC(=O)OC)c1ccc([N+](=O)[O-])cc1C#N. The van der Waals surface area contributed by atoms with E-state index in [1.54, 1.807) is 4.90 Å². The smallest absolute Gasteiger partial charge is 0.325 e. The third-order valence-corrected chi connectivity index (χ3v) is 2.69. The number of hydrogen-bond donors (Lipinski definition) is 0. The second kappa shape index (κ2) is 7.09. The largest absolute Gasteiger partial charge is 0.468 e. The molecule has 1 aromatic rings. The van der Waals surface area contributed by atoms with Crippen LogP contribution < -0.4 is 4.90 Å². The molecule has 1 rings (SSSR count). The van der Waals surface area contributed by atoms with Crippen LogP contribution in [0.25, 0.3) is 0 Å². The fraction of sp³-hybridized carbons (Fsp3) is 0.385. The number of anilines is 1. The number of nitro benzene ring substituents is 1. The molecule has 0 aromatic heterocycles. The summed E-state index contributed by atoms with van der Waals surface area (Å²) in [6, 6.07) is 5.92. The van der Waals surface area contributed by atoms with Crippen molar-refractivity contribution in [3.8, 4) is 6.07 Å². The van der Waals surface area contributed by atoms with Crippen LogP contribution in [0, 0.1) is 21.4 Å². The van der Waals surface area contributed by atoms with E-state index in [4.69, 9.17) is 5.26 Å². The Morgan fingerprint density at radius 3 is 2.75 bits per heavy atom. The number of hydrogen-bond acceptors (Lipinski definition) is 6. The van der Waals surface area contributed by atoms with Crippen molar-refractivity contribution in [2.75, 3.05) is 25.1 Å². The van der Waals surface area contributed by atoms with Crippen molar-refractivity contribution >= 4 is 17.3 Å². The van der Waals surface area contributed by atoms with Crippen LogP contribution in [0.4, 0.5) is 11.4 Å². The van der Waals surface area contributed by atoms with Crippen molar-refractivity contribution in [1.82, 2.24) is 0 Å². The Hall–Kier alpha value is -2.62. The van der Waals surface area contributed by atoms with Gasteiger partial charge >= 0.3 is 5.97 Å². The molecule has 0 saturated heterocycles. The molecule has 0 aliphatic rings. The highest BCUT2D eigenvalue weighted by Crippen LogP contribution is 2.25. The van der Waals surface area contributed by atoms with Gasteiger partial charge in [-0.2, -0.15) is 5.26 Å². The Bertz CT molecular complexity index is 551. The van der Waals surface area contributed by atoms with Crippen molar-refractivity contribution < 1.29 is 14.5 Å². The molecule has 7 heteroatoms. The number of nitrogens with zero attached hydrogens (tertiary/aromatic N) is 3. The van der Waals surface area contributed by atoms with E-state index in [9.17, 15) is 14.9 Å². The van der Waals surface area contributed by atoms with Gasteiger partial charge in [-0.25, -0.2) is 0 Å². The lowest BCUT2D eigenvalue weighted by atomic mass is 10.1. The molecule has 0 heterocycles. The van der Waals surface area contributed by atoms with Gasteiger partial charge in [0.15, 0.2) is 0 Å². The van der Waals surface area contributed by atoms with Gasteiger partial charge in [-0.05, 0) is 12.5 Å². The van der Waals surface area contributed by atoms with Crippen LogP contribution >= 0.6 is 0 Å². The maximum Gasteiger partial charge on any atom is 0.325 e. The number of esters is 1. The highest BCUT2D eigenvalue weighted by atomic mass is 16.6. The molecular formula is C13H15N3O4. The first-order valence-electron chi connectivity index (χ1n) is 6.03. The van der Waals surface area contributed by atoms with E-state index in [0.717, 1.165) is 6.42 Å². The molecule has 0 saturated carbocycles. The van der Waals surface area contributed by atoms with Gasteiger partial charge in [0, 0.05) is 18.7 Å². The van der Waals surface area contributed by atoms with Crippen molar-refractivity contribution in [3.63, 3.8) is 0 Å². The average molecular weight is 277 g/mol. The van der Waals surface area contributed by atoms with Gasteiger partial charge in [0.05, 0.1) is 23.3 Å². The molecule has 0 spiro atoms. The highest BCUT2D eigenvalue weighted by Gasteiger charge is 2.17. The molecule has 0 bridgehead atoms. The summed E-state index contributed by atoms with van der Waals surface area (Å²) in [6.07, 6.45) is 0.763. The standard InChI is InChI=1S/C13H15N3O4/c1-3-6-15(9-13(17)20-2)12-5-4-11(16(18)19)7-10(12)8-14/h4-5,7H,3,6,9H2,1-2H3. The van der Waals surface area contributed by atoms with E-state index in [1.807, 2.05) is 13.0 Å². The minimum Gasteiger partial charge on any atom is -0.468 e. The van der Waals surface area contributed by atoms with Crippen molar-refractivity contribution in [2.45, 2.75) is 13.3 Å². The number of nitriles is 1. The molecule has 20 heavy (non-hydrogen) atoms. The number of non-ortho nitro benzene ring substituents is 1. The molecule has 7 nitrogen and oxygen atoms in total. The number of nitro groups is 1. The Morgan fingerprint density at radius 2 is 2.25 bits per heavy atom. The summed E-state index contributed by atoms with van der Waals surface area (Å²) in [4.78, 5) is 23.2. The van der Waals surface area contributed by atoms with Crippen molar-refractivity contribution in [2.24, 2.45) is 0 Å². The van der Waals surface area contributed by atoms with E-state index < -0.39 is 10.9 Å². The first-order chi connectivity index (χ1) is 9.53. The monoisotopic (exact) mass is 277 g/mol. The zero-order valence-corrected chi connectivity index (χ0v) is 11.3. The van der Waals surface area contributed by atoms with Crippen molar-refractivity contribution in [3.05, 3.63) is 33.9 Å². The number of rotatable bonds is 6. The molecule has 0 radical (unpaired) electrons. The lowest BCUT2D eigenvalue weighted by Crippen LogP contribution is -2.31. The molecule has 0 aliphatic heterocycles. The fourth-order valence-electron chi connectivity index (χ4n) is 1.78. The molecule has 0 unspecified atom stereocenters. The maximum atomic E-state index is 11.4. The normalized spacial score (nSPS) is 9.65. The van der Waals surface area contributed by atoms with E-state index in [2.05, 4.69) is 4.74 Å². The third-order valence-electron chi connectivity index (χ3n) is 2.69. The number of methoxy groups -OCH3 is 1. The van der Waals surface area contributed by atoms with Crippen LogP contribution in [0.15, 0.2) is 18.2 Å². The molecule has 106 valence electrons. The maximum absolute atomic E-state index is 11.4. The number of carbonyl (C=O) groups is 1. The first kappa shape index (κ1) is 15.4. The molecule has 0 amide bonds. The van der Waals surface area contributed by atoms with E-state index in [1.165, 1.54) is 25.3 Å². The predicted molar refractivity (Wildman–Crippen MR) is 72.3 cm³/mol. The zero-order valence-electron chi connectivity index (χ0n) is 11.3. The summed E-state index contributed by atoms with van der Waals surface area (Å²) in [7, 11) is 1.29. The third kappa shape index (κ3) is 3.68. The predicted octanol–water partition coefficient (Wildman–Crippen LogP) is 1.86. The lowest BCUT2D eigenvalue weighted by Gasteiger charge is -2.23. The van der Waals surface area contributed by atoms with Crippen LogP contribution in [0.2, 0.25) is 0 Å². The van der Waals surface area contributed by atoms with Gasteiger partial charge in [-0.15, -0.1) is 0 Å². The first-order valence-corrected chi connectivity index (χ1v) is 6.03. The van der Waals surface area contributed by atoms with Gasteiger partial charge in [-0.1, -0.05) is 6.92 Å². The topological polar surface area (TPSA) is 96.5 Å². The van der Waals surface area contributed by atoms with Gasteiger partial charge in [0.25, 0.3) is 5.69 Å². The Labute approximate surface area is 116 Å². The highest BCUT2D eigenvalue weighted by molar-refractivity contribution is 5.77. The van der Waals surface area contributed by atoms with Crippen LogP contribution in [0.3, 0.4) is 0 Å². The summed E-state index contributed by atoms with van der Waals surface area (Å²) < 4.78 is 4.61. The van der Waals surface area contributed by atoms with Gasteiger partial charge in [0.2, 0.25) is 0 Å². The van der Waals surface area contributed by atoms with Crippen LogP contribution in [0.5, 0.6) is 0 Å². The van der Waals surface area contributed by atoms with Crippen LogP contribution in [-0.2, 0) is 9.53 Å². The average Bonchev–Trinajstić information content (AvgIpc) is 2.45. The quantitative estimate of drug-likeness (QED) is 0.447. The van der Waals surface area contributed by atoms with Crippen LogP contribution in [0.1, 0.15) is 18.9 Å².